The number of dihydropyridines is 1. The van der Waals surface area contributed by atoms with Crippen molar-refractivity contribution in [3.63, 3.8) is 0 Å². The van der Waals surface area contributed by atoms with Crippen molar-refractivity contribution in [3.8, 4) is 0 Å². The third kappa shape index (κ3) is 6.83. The summed E-state index contributed by atoms with van der Waals surface area (Å²) in [4.78, 5) is 18.8. The minimum absolute atomic E-state index is 0.0204. The molecular weight excluding hydrogens is 385 g/mol. The Labute approximate surface area is 169 Å². The Morgan fingerprint density at radius 2 is 2.21 bits per heavy atom. The Hall–Kier alpha value is -2.45. The first-order valence-electron chi connectivity index (χ1n) is 9.70. The van der Waals surface area contributed by atoms with Gasteiger partial charge in [0, 0.05) is 38.5 Å². The van der Waals surface area contributed by atoms with E-state index >= 15 is 0 Å². The molecule has 6 nitrogen and oxygen atoms in total. The number of aliphatic imine (C=N–C) groups is 1. The average molecular weight is 414 g/mol. The Balaban J connectivity index is 1.98. The van der Waals surface area contributed by atoms with Crippen LogP contribution in [0.25, 0.3) is 0 Å². The highest BCUT2D eigenvalue weighted by atomic mass is 19.4. The summed E-state index contributed by atoms with van der Waals surface area (Å²) < 4.78 is 41.1. The van der Waals surface area contributed by atoms with Gasteiger partial charge < -0.3 is 20.7 Å². The molecule has 2 rings (SSSR count). The van der Waals surface area contributed by atoms with E-state index in [1.807, 2.05) is 19.9 Å². The fourth-order valence-corrected chi connectivity index (χ4v) is 3.57. The van der Waals surface area contributed by atoms with Gasteiger partial charge in [0.05, 0.1) is 6.04 Å². The Bertz CT molecular complexity index is 711. The standard InChI is InChI=1S/C20H29F3N4O2/c1-13(2)27(19(28)17(24)11-25-3)12-14-8-9-26-18(10-14)15-4-6-16(7-5-15)29-20(21,22)23/h6,8-9,11,13,15,18,25H,4-5,7,10,12,24H2,1-3H3/b17-11-. The van der Waals surface area contributed by atoms with Gasteiger partial charge in [-0.3, -0.25) is 9.79 Å². The fourth-order valence-electron chi connectivity index (χ4n) is 3.57. The summed E-state index contributed by atoms with van der Waals surface area (Å²) in [5.41, 5.74) is 7.02. The highest BCUT2D eigenvalue weighted by molar-refractivity contribution is 5.92. The van der Waals surface area contributed by atoms with Gasteiger partial charge in [-0.25, -0.2) is 0 Å². The van der Waals surface area contributed by atoms with E-state index in [4.69, 9.17) is 5.73 Å². The average Bonchev–Trinajstić information content (AvgIpc) is 2.65. The van der Waals surface area contributed by atoms with Gasteiger partial charge in [0.15, 0.2) is 0 Å². The lowest BCUT2D eigenvalue weighted by Crippen LogP contribution is -2.42. The van der Waals surface area contributed by atoms with E-state index in [-0.39, 0.29) is 41.8 Å². The minimum Gasteiger partial charge on any atom is -0.411 e. The molecule has 1 aliphatic carbocycles. The van der Waals surface area contributed by atoms with Crippen LogP contribution < -0.4 is 11.1 Å². The van der Waals surface area contributed by atoms with Crippen LogP contribution in [0.1, 0.15) is 39.5 Å². The monoisotopic (exact) mass is 414 g/mol. The van der Waals surface area contributed by atoms with Gasteiger partial charge in [-0.1, -0.05) is 0 Å². The van der Waals surface area contributed by atoms with E-state index in [1.54, 1.807) is 18.2 Å². The molecule has 0 saturated carbocycles. The molecule has 0 radical (unpaired) electrons. The second-order valence-corrected chi connectivity index (χ2v) is 7.56. The number of carbonyl (C=O) groups excluding carboxylic acids is 1. The normalized spacial score (nSPS) is 22.8. The molecule has 3 N–H and O–H groups in total. The summed E-state index contributed by atoms with van der Waals surface area (Å²) >= 11 is 0. The van der Waals surface area contributed by atoms with E-state index in [0.29, 0.717) is 25.8 Å². The number of alkyl halides is 3. The van der Waals surface area contributed by atoms with E-state index in [9.17, 15) is 18.0 Å². The number of hydrogen-bond acceptors (Lipinski definition) is 5. The van der Waals surface area contributed by atoms with Gasteiger partial charge in [-0.05, 0) is 56.8 Å². The Morgan fingerprint density at radius 3 is 2.76 bits per heavy atom. The largest absolute Gasteiger partial charge is 0.572 e. The maximum Gasteiger partial charge on any atom is 0.572 e. The molecule has 0 bridgehead atoms. The first-order chi connectivity index (χ1) is 13.6. The second kappa shape index (κ2) is 9.84. The zero-order valence-electron chi connectivity index (χ0n) is 17.0. The number of ether oxygens (including phenoxy) is 1. The van der Waals surface area contributed by atoms with Gasteiger partial charge in [0.1, 0.15) is 11.5 Å². The number of carbonyl (C=O) groups is 1. The second-order valence-electron chi connectivity index (χ2n) is 7.56. The van der Waals surface area contributed by atoms with Crippen molar-refractivity contribution in [3.05, 3.63) is 35.4 Å². The lowest BCUT2D eigenvalue weighted by atomic mass is 9.83. The summed E-state index contributed by atoms with van der Waals surface area (Å²) in [6, 6.07) is -0.0581. The van der Waals surface area contributed by atoms with Crippen molar-refractivity contribution in [2.75, 3.05) is 13.6 Å². The van der Waals surface area contributed by atoms with Crippen LogP contribution in [0.3, 0.4) is 0 Å². The molecule has 9 heteroatoms. The minimum atomic E-state index is -4.64. The summed E-state index contributed by atoms with van der Waals surface area (Å²) in [5, 5.41) is 2.76. The number of hydrogen-bond donors (Lipinski definition) is 2. The maximum atomic E-state index is 12.6. The van der Waals surface area contributed by atoms with Crippen molar-refractivity contribution in [1.29, 1.82) is 0 Å². The Kier molecular flexibility index (Phi) is 7.75. The lowest BCUT2D eigenvalue weighted by molar-refractivity contribution is -0.307. The molecule has 2 atom stereocenters. The zero-order valence-corrected chi connectivity index (χ0v) is 17.0. The first kappa shape index (κ1) is 22.8. The van der Waals surface area contributed by atoms with Gasteiger partial charge in [0.2, 0.25) is 0 Å². The van der Waals surface area contributed by atoms with Crippen LogP contribution >= 0.6 is 0 Å². The van der Waals surface area contributed by atoms with E-state index in [1.165, 1.54) is 12.3 Å². The Morgan fingerprint density at radius 1 is 1.48 bits per heavy atom. The van der Waals surface area contributed by atoms with Crippen molar-refractivity contribution < 1.29 is 22.7 Å². The number of halogens is 3. The van der Waals surface area contributed by atoms with Crippen molar-refractivity contribution in [1.82, 2.24) is 10.2 Å². The van der Waals surface area contributed by atoms with E-state index < -0.39 is 6.36 Å². The lowest BCUT2D eigenvalue weighted by Gasteiger charge is -2.32. The smallest absolute Gasteiger partial charge is 0.411 e. The maximum absolute atomic E-state index is 12.6. The third-order valence-electron chi connectivity index (χ3n) is 5.06. The summed E-state index contributed by atoms with van der Waals surface area (Å²) in [5.74, 6) is -0.121. The van der Waals surface area contributed by atoms with Crippen LogP contribution in [0.5, 0.6) is 0 Å². The molecule has 0 saturated heterocycles. The molecule has 29 heavy (non-hydrogen) atoms. The fraction of sp³-hybridized carbons (Fsp3) is 0.600. The molecule has 1 aliphatic heterocycles. The summed E-state index contributed by atoms with van der Waals surface area (Å²) in [7, 11) is 1.67. The highest BCUT2D eigenvalue weighted by Crippen LogP contribution is 2.34. The highest BCUT2D eigenvalue weighted by Gasteiger charge is 2.34. The number of nitrogens with one attached hydrogen (secondary N) is 1. The molecule has 2 unspecified atom stereocenters. The molecule has 0 aromatic carbocycles. The zero-order chi connectivity index (χ0) is 21.6. The van der Waals surface area contributed by atoms with Crippen molar-refractivity contribution in [2.45, 2.75) is 58.0 Å². The third-order valence-corrected chi connectivity index (χ3v) is 5.06. The van der Waals surface area contributed by atoms with Crippen LogP contribution in [-0.2, 0) is 9.53 Å². The summed E-state index contributed by atoms with van der Waals surface area (Å²) in [6.07, 6.45) is 3.95. The quantitative estimate of drug-likeness (QED) is 0.627. The predicted octanol–water partition coefficient (Wildman–Crippen LogP) is 3.23. The van der Waals surface area contributed by atoms with Crippen molar-refractivity contribution in [2.24, 2.45) is 16.6 Å². The topological polar surface area (TPSA) is 80.0 Å². The van der Waals surface area contributed by atoms with Crippen LogP contribution in [-0.4, -0.2) is 49.1 Å². The number of rotatable bonds is 7. The van der Waals surface area contributed by atoms with Crippen LogP contribution in [0.4, 0.5) is 13.2 Å². The molecule has 0 aromatic heterocycles. The molecule has 0 spiro atoms. The number of allylic oxidation sites excluding steroid dienone is 3. The number of nitrogens with zero attached hydrogens (tertiary/aromatic N) is 2. The summed E-state index contributed by atoms with van der Waals surface area (Å²) in [6.45, 7) is 4.28. The number of amides is 1. The van der Waals surface area contributed by atoms with Crippen LogP contribution in [0, 0.1) is 5.92 Å². The molecule has 1 amide bonds. The molecule has 162 valence electrons. The van der Waals surface area contributed by atoms with E-state index in [2.05, 4.69) is 15.0 Å². The molecule has 0 fully saturated rings. The van der Waals surface area contributed by atoms with Gasteiger partial charge in [-0.2, -0.15) is 0 Å². The molecular formula is C20H29F3N4O2. The number of nitrogens with two attached hydrogens (primary N) is 1. The molecule has 2 aliphatic rings. The van der Waals surface area contributed by atoms with Gasteiger partial charge >= 0.3 is 6.36 Å². The predicted molar refractivity (Wildman–Crippen MR) is 106 cm³/mol. The van der Waals surface area contributed by atoms with Crippen molar-refractivity contribution >= 4 is 12.1 Å². The van der Waals surface area contributed by atoms with Crippen LogP contribution in [0.15, 0.2) is 40.4 Å². The van der Waals surface area contributed by atoms with Gasteiger partial charge in [0.25, 0.3) is 5.91 Å². The van der Waals surface area contributed by atoms with Gasteiger partial charge in [-0.15, -0.1) is 13.2 Å². The molecule has 1 heterocycles. The molecule has 0 aromatic rings. The SMILES string of the molecule is CN/C=C(\N)C(=O)N(CC1=CC=NC(C2CC=C(OC(F)(F)F)CC2)C1)C(C)C. The van der Waals surface area contributed by atoms with E-state index in [0.717, 1.165) is 5.57 Å². The first-order valence-corrected chi connectivity index (χ1v) is 9.70. The van der Waals surface area contributed by atoms with Crippen LogP contribution in [0.2, 0.25) is 0 Å².